The summed E-state index contributed by atoms with van der Waals surface area (Å²) in [6.07, 6.45) is 3.61. The predicted molar refractivity (Wildman–Crippen MR) is 162 cm³/mol. The van der Waals surface area contributed by atoms with E-state index >= 15 is 0 Å². The molecule has 4 aromatic rings. The number of pyridine rings is 2. The number of fused-ring (bicyclic) bond motifs is 1. The molecule has 0 bridgehead atoms. The van der Waals surface area contributed by atoms with Crippen LogP contribution in [0.25, 0.3) is 33.0 Å². The fourth-order valence-corrected chi connectivity index (χ4v) is 4.13. The molecule has 0 aliphatic heterocycles. The van der Waals surface area contributed by atoms with Gasteiger partial charge in [0.15, 0.2) is 0 Å². The van der Waals surface area contributed by atoms with Crippen LogP contribution >= 0.6 is 23.2 Å². The molecule has 0 aliphatic rings. The minimum absolute atomic E-state index is 0.0785. The van der Waals surface area contributed by atoms with Crippen molar-refractivity contribution < 1.29 is 9.90 Å². The fraction of sp³-hybridized carbons (Fsp3) is 0.233. The van der Waals surface area contributed by atoms with Crippen molar-refractivity contribution in [2.45, 2.75) is 40.2 Å². The van der Waals surface area contributed by atoms with Crippen molar-refractivity contribution in [1.29, 1.82) is 0 Å². The Labute approximate surface area is 231 Å². The monoisotopic (exact) mass is 541 g/mol. The van der Waals surface area contributed by atoms with Gasteiger partial charge in [-0.2, -0.15) is 0 Å². The van der Waals surface area contributed by atoms with E-state index in [9.17, 15) is 0 Å². The van der Waals surface area contributed by atoms with Crippen molar-refractivity contribution in [1.82, 2.24) is 9.97 Å². The summed E-state index contributed by atoms with van der Waals surface area (Å²) in [5.41, 5.74) is 4.67. The van der Waals surface area contributed by atoms with Crippen LogP contribution in [0.2, 0.25) is 10.3 Å². The molecule has 0 saturated heterocycles. The molecule has 2 N–H and O–H groups in total. The summed E-state index contributed by atoms with van der Waals surface area (Å²) in [4.78, 5) is 16.9. The molecule has 0 amide bonds. The standard InChI is InChI=1S/C24H21Cl2N3.C2H6.C2H4.CH4O.CH2O/c1-24(2,3)29-17-12-16(13-27-14-17)20-19-11-7-10-18(15-8-5-4-6-9-15)21(19)23(26)28-22(20)25;4*1-2/h4-14,29H,1-3H3;1-2H3;1-2H2;2H,1H3;1H2. The normalized spacial score (nSPS) is 9.65. The zero-order valence-electron chi connectivity index (χ0n) is 22.5. The van der Waals surface area contributed by atoms with E-state index in [1.165, 1.54) is 0 Å². The van der Waals surface area contributed by atoms with Crippen molar-refractivity contribution in [2.75, 3.05) is 12.4 Å². The molecule has 0 radical (unpaired) electrons. The Bertz CT molecular complexity index is 1220. The average molecular weight is 543 g/mol. The highest BCUT2D eigenvalue weighted by molar-refractivity contribution is 6.39. The van der Waals surface area contributed by atoms with Crippen molar-refractivity contribution in [3.63, 3.8) is 0 Å². The minimum Gasteiger partial charge on any atom is -0.400 e. The van der Waals surface area contributed by atoms with Gasteiger partial charge in [0.1, 0.15) is 17.1 Å². The van der Waals surface area contributed by atoms with Crippen molar-refractivity contribution in [3.05, 3.63) is 90.5 Å². The van der Waals surface area contributed by atoms with Crippen LogP contribution in [0.5, 0.6) is 0 Å². The van der Waals surface area contributed by atoms with Gasteiger partial charge in [-0.25, -0.2) is 4.98 Å². The lowest BCUT2D eigenvalue weighted by Gasteiger charge is -2.22. The van der Waals surface area contributed by atoms with Gasteiger partial charge >= 0.3 is 0 Å². The molecule has 0 spiro atoms. The van der Waals surface area contributed by atoms with Crippen LogP contribution in [0.1, 0.15) is 34.6 Å². The van der Waals surface area contributed by atoms with E-state index in [0.29, 0.717) is 10.3 Å². The zero-order chi connectivity index (χ0) is 28.6. The van der Waals surface area contributed by atoms with Crippen molar-refractivity contribution in [2.24, 2.45) is 0 Å². The van der Waals surface area contributed by atoms with Crippen LogP contribution in [0.4, 0.5) is 5.69 Å². The summed E-state index contributed by atoms with van der Waals surface area (Å²) < 4.78 is 0. The van der Waals surface area contributed by atoms with Gasteiger partial charge in [-0.15, -0.1) is 13.2 Å². The van der Waals surface area contributed by atoms with Crippen LogP contribution in [-0.4, -0.2) is 34.5 Å². The van der Waals surface area contributed by atoms with Gasteiger partial charge < -0.3 is 15.2 Å². The third-order valence-electron chi connectivity index (χ3n) is 4.57. The number of hydrogen-bond donors (Lipinski definition) is 2. The van der Waals surface area contributed by atoms with E-state index in [1.54, 1.807) is 6.20 Å². The molecular formula is C30H37Cl2N3O2. The molecule has 2 aromatic heterocycles. The third kappa shape index (κ3) is 9.29. The first kappa shape index (κ1) is 33.8. The number of carbonyl (C=O) groups is 1. The van der Waals surface area contributed by atoms with Gasteiger partial charge in [0.2, 0.25) is 0 Å². The Morgan fingerprint density at radius 1 is 0.838 bits per heavy atom. The largest absolute Gasteiger partial charge is 0.400 e. The van der Waals surface area contributed by atoms with E-state index in [4.69, 9.17) is 33.1 Å². The molecule has 4 rings (SSSR count). The lowest BCUT2D eigenvalue weighted by molar-refractivity contribution is -0.0980. The summed E-state index contributed by atoms with van der Waals surface area (Å²) in [5.74, 6) is 0. The van der Waals surface area contributed by atoms with E-state index < -0.39 is 0 Å². The topological polar surface area (TPSA) is 75.1 Å². The molecular weight excluding hydrogens is 505 g/mol. The molecule has 37 heavy (non-hydrogen) atoms. The van der Waals surface area contributed by atoms with Crippen LogP contribution in [-0.2, 0) is 4.79 Å². The van der Waals surface area contributed by atoms with Gasteiger partial charge in [0, 0.05) is 41.6 Å². The number of hydrogen-bond acceptors (Lipinski definition) is 5. The summed E-state index contributed by atoms with van der Waals surface area (Å²) in [5, 5.41) is 13.0. The van der Waals surface area contributed by atoms with Crippen LogP contribution in [0.15, 0.2) is 80.1 Å². The number of nitrogens with zero attached hydrogens (tertiary/aromatic N) is 2. The fourth-order valence-electron chi connectivity index (χ4n) is 3.50. The second-order valence-electron chi connectivity index (χ2n) is 8.00. The van der Waals surface area contributed by atoms with E-state index in [0.717, 1.165) is 45.8 Å². The number of nitrogens with one attached hydrogen (secondary N) is 1. The second-order valence-corrected chi connectivity index (χ2v) is 8.72. The third-order valence-corrected chi connectivity index (χ3v) is 5.12. The Hall–Kier alpha value is -3.25. The van der Waals surface area contributed by atoms with E-state index in [2.05, 4.69) is 67.4 Å². The Morgan fingerprint density at radius 3 is 2.00 bits per heavy atom. The minimum atomic E-state index is -0.0785. The molecule has 0 aliphatic carbocycles. The highest BCUT2D eigenvalue weighted by Gasteiger charge is 2.18. The lowest BCUT2D eigenvalue weighted by atomic mass is 9.95. The molecule has 198 valence electrons. The maximum atomic E-state index is 8.00. The predicted octanol–water partition coefficient (Wildman–Crippen LogP) is 8.73. The summed E-state index contributed by atoms with van der Waals surface area (Å²) in [6, 6.07) is 18.3. The van der Waals surface area contributed by atoms with E-state index in [-0.39, 0.29) is 5.54 Å². The number of benzene rings is 2. The number of anilines is 1. The molecule has 2 heterocycles. The summed E-state index contributed by atoms with van der Waals surface area (Å²) in [6.45, 7) is 18.3. The first-order chi connectivity index (χ1) is 17.8. The highest BCUT2D eigenvalue weighted by atomic mass is 35.5. The van der Waals surface area contributed by atoms with Crippen molar-refractivity contribution >= 4 is 46.5 Å². The Morgan fingerprint density at radius 2 is 1.43 bits per heavy atom. The molecule has 0 saturated carbocycles. The molecule has 7 heteroatoms. The zero-order valence-corrected chi connectivity index (χ0v) is 24.0. The van der Waals surface area contributed by atoms with Crippen molar-refractivity contribution in [3.8, 4) is 22.3 Å². The number of aromatic nitrogens is 2. The average Bonchev–Trinajstić information content (AvgIpc) is 2.92. The van der Waals surface area contributed by atoms with Crippen LogP contribution < -0.4 is 5.32 Å². The second kappa shape index (κ2) is 17.2. The molecule has 5 nitrogen and oxygen atoms in total. The van der Waals surface area contributed by atoms with Gasteiger partial charge in [-0.1, -0.05) is 85.6 Å². The number of halogens is 2. The lowest BCUT2D eigenvalue weighted by Crippen LogP contribution is -2.26. The molecule has 0 unspecified atom stereocenters. The Kier molecular flexibility index (Phi) is 15.7. The molecule has 2 aromatic carbocycles. The van der Waals surface area contributed by atoms with Gasteiger partial charge in [-0.3, -0.25) is 4.98 Å². The summed E-state index contributed by atoms with van der Waals surface area (Å²) >= 11 is 13.2. The Balaban J connectivity index is 0.00000148. The smallest absolute Gasteiger partial charge is 0.139 e. The molecule has 0 fully saturated rings. The summed E-state index contributed by atoms with van der Waals surface area (Å²) in [7, 11) is 1.00. The SMILES string of the molecule is C=C.C=O.CC.CC(C)(C)Nc1cncc(-c2c(Cl)nc(Cl)c3c(-c4ccccc4)cccc23)c1.CO. The van der Waals surface area contributed by atoms with Crippen LogP contribution in [0.3, 0.4) is 0 Å². The van der Waals surface area contributed by atoms with Gasteiger partial charge in [-0.05, 0) is 43.4 Å². The highest BCUT2D eigenvalue weighted by Crippen LogP contribution is 2.41. The van der Waals surface area contributed by atoms with Gasteiger partial charge in [0.25, 0.3) is 0 Å². The number of aliphatic hydroxyl groups is 1. The number of aliphatic hydroxyl groups excluding tert-OH is 1. The number of rotatable bonds is 3. The number of carbonyl (C=O) groups excluding carboxylic acids is 1. The maximum Gasteiger partial charge on any atom is 0.139 e. The van der Waals surface area contributed by atoms with Crippen LogP contribution in [0, 0.1) is 0 Å². The first-order valence-electron chi connectivity index (χ1n) is 11.6. The van der Waals surface area contributed by atoms with Gasteiger partial charge in [0.05, 0.1) is 5.69 Å². The maximum absolute atomic E-state index is 8.00. The first-order valence-corrected chi connectivity index (χ1v) is 12.4. The quantitative estimate of drug-likeness (QED) is 0.200. The van der Waals surface area contributed by atoms with E-state index in [1.807, 2.05) is 63.2 Å². The molecule has 0 atom stereocenters.